The van der Waals surface area contributed by atoms with Crippen molar-refractivity contribution in [2.45, 2.75) is 20.0 Å². The Morgan fingerprint density at radius 1 is 1.36 bits per heavy atom. The van der Waals surface area contributed by atoms with Gasteiger partial charge < -0.3 is 9.47 Å². The van der Waals surface area contributed by atoms with Gasteiger partial charge in [0.1, 0.15) is 6.07 Å². The van der Waals surface area contributed by atoms with Crippen molar-refractivity contribution in [1.82, 2.24) is 0 Å². The number of hydrogen-bond donors (Lipinski definition) is 0. The van der Waals surface area contributed by atoms with E-state index >= 15 is 0 Å². The monoisotopic (exact) mass is 191 g/mol. The van der Waals surface area contributed by atoms with Gasteiger partial charge in [0, 0.05) is 0 Å². The van der Waals surface area contributed by atoms with Crippen LogP contribution in [0.15, 0.2) is 24.3 Å². The summed E-state index contributed by atoms with van der Waals surface area (Å²) >= 11 is 0. The fourth-order valence-electron chi connectivity index (χ4n) is 1.04. The molecule has 3 nitrogen and oxygen atoms in total. The Bertz CT molecular complexity index is 330. The van der Waals surface area contributed by atoms with Crippen molar-refractivity contribution in [3.05, 3.63) is 24.3 Å². The number of hydrogen-bond acceptors (Lipinski definition) is 3. The van der Waals surface area contributed by atoms with E-state index < -0.39 is 6.10 Å². The molecule has 1 unspecified atom stereocenters. The lowest BCUT2D eigenvalue weighted by atomic mass is 10.3. The number of benzene rings is 1. The first-order valence-electron chi connectivity index (χ1n) is 4.56. The first kappa shape index (κ1) is 10.4. The zero-order chi connectivity index (χ0) is 10.4. The predicted molar refractivity (Wildman–Crippen MR) is 53.3 cm³/mol. The van der Waals surface area contributed by atoms with E-state index in [1.807, 2.05) is 31.2 Å². The summed E-state index contributed by atoms with van der Waals surface area (Å²) in [5, 5.41) is 8.60. The fraction of sp³-hybridized carbons (Fsp3) is 0.364. The van der Waals surface area contributed by atoms with Gasteiger partial charge in [0.05, 0.1) is 6.61 Å². The van der Waals surface area contributed by atoms with Crippen LogP contribution < -0.4 is 9.47 Å². The van der Waals surface area contributed by atoms with E-state index in [2.05, 4.69) is 0 Å². The van der Waals surface area contributed by atoms with Gasteiger partial charge in [-0.15, -0.1) is 0 Å². The van der Waals surface area contributed by atoms with Gasteiger partial charge in [-0.2, -0.15) is 5.26 Å². The minimum absolute atomic E-state index is 0.461. The van der Waals surface area contributed by atoms with Crippen molar-refractivity contribution in [3.8, 4) is 17.6 Å². The van der Waals surface area contributed by atoms with Gasteiger partial charge in [-0.3, -0.25) is 0 Å². The lowest BCUT2D eigenvalue weighted by Crippen LogP contribution is -2.09. The summed E-state index contributed by atoms with van der Waals surface area (Å²) in [4.78, 5) is 0. The molecule has 0 heterocycles. The van der Waals surface area contributed by atoms with E-state index in [0.29, 0.717) is 18.1 Å². The Morgan fingerprint density at radius 3 is 2.57 bits per heavy atom. The van der Waals surface area contributed by atoms with Crippen molar-refractivity contribution >= 4 is 0 Å². The second kappa shape index (κ2) is 5.13. The summed E-state index contributed by atoms with van der Waals surface area (Å²) in [6.45, 7) is 4.19. The van der Waals surface area contributed by atoms with Crippen LogP contribution in [0.5, 0.6) is 11.5 Å². The second-order valence-corrected chi connectivity index (χ2v) is 2.77. The van der Waals surface area contributed by atoms with Gasteiger partial charge >= 0.3 is 0 Å². The Labute approximate surface area is 83.9 Å². The first-order valence-corrected chi connectivity index (χ1v) is 4.56. The van der Waals surface area contributed by atoms with E-state index in [9.17, 15) is 0 Å². The van der Waals surface area contributed by atoms with Crippen molar-refractivity contribution in [3.63, 3.8) is 0 Å². The summed E-state index contributed by atoms with van der Waals surface area (Å²) in [5.74, 6) is 1.29. The van der Waals surface area contributed by atoms with Crippen LogP contribution in [-0.2, 0) is 0 Å². The number of rotatable bonds is 4. The molecule has 0 aliphatic heterocycles. The van der Waals surface area contributed by atoms with Crippen LogP contribution in [0.1, 0.15) is 13.8 Å². The average molecular weight is 191 g/mol. The van der Waals surface area contributed by atoms with Gasteiger partial charge in [0.2, 0.25) is 0 Å². The fourth-order valence-corrected chi connectivity index (χ4v) is 1.04. The summed E-state index contributed by atoms with van der Waals surface area (Å²) in [5.41, 5.74) is 0. The van der Waals surface area contributed by atoms with Gasteiger partial charge in [-0.25, -0.2) is 0 Å². The molecule has 0 N–H and O–H groups in total. The Balaban J connectivity index is 2.79. The summed E-state index contributed by atoms with van der Waals surface area (Å²) in [6.07, 6.45) is -0.461. The standard InChI is InChI=1S/C11H13NO2/c1-3-13-10-6-4-5-7-11(10)14-9(2)8-12/h4-7,9H,3H2,1-2H3. The molecule has 1 aromatic rings. The quantitative estimate of drug-likeness (QED) is 0.733. The molecule has 0 saturated carbocycles. The highest BCUT2D eigenvalue weighted by molar-refractivity contribution is 5.39. The van der Waals surface area contributed by atoms with Crippen molar-refractivity contribution in [2.24, 2.45) is 0 Å². The van der Waals surface area contributed by atoms with Crippen LogP contribution in [0.4, 0.5) is 0 Å². The van der Waals surface area contributed by atoms with E-state index in [-0.39, 0.29) is 0 Å². The Morgan fingerprint density at radius 2 is 2.00 bits per heavy atom. The summed E-state index contributed by atoms with van der Waals surface area (Å²) in [6, 6.07) is 9.34. The number of nitrogens with zero attached hydrogens (tertiary/aromatic N) is 1. The Hall–Kier alpha value is -1.69. The molecule has 0 aliphatic carbocycles. The molecule has 0 bridgehead atoms. The summed E-state index contributed by atoms with van der Waals surface area (Å²) < 4.78 is 10.7. The third kappa shape index (κ3) is 2.67. The van der Waals surface area contributed by atoms with Gasteiger partial charge in [0.15, 0.2) is 17.6 Å². The topological polar surface area (TPSA) is 42.2 Å². The molecule has 0 aliphatic rings. The minimum atomic E-state index is -0.461. The number of nitriles is 1. The molecule has 1 aromatic carbocycles. The lowest BCUT2D eigenvalue weighted by Gasteiger charge is -2.12. The van der Waals surface area contributed by atoms with Gasteiger partial charge in [-0.1, -0.05) is 12.1 Å². The molecule has 0 radical (unpaired) electrons. The van der Waals surface area contributed by atoms with E-state index in [1.165, 1.54) is 0 Å². The molecule has 0 amide bonds. The maximum atomic E-state index is 8.60. The van der Waals surface area contributed by atoms with Crippen molar-refractivity contribution in [2.75, 3.05) is 6.61 Å². The molecule has 74 valence electrons. The normalized spacial score (nSPS) is 11.5. The molecular formula is C11H13NO2. The van der Waals surface area contributed by atoms with Gasteiger partial charge in [-0.05, 0) is 26.0 Å². The number of ether oxygens (including phenoxy) is 2. The van der Waals surface area contributed by atoms with Crippen LogP contribution in [0.25, 0.3) is 0 Å². The maximum absolute atomic E-state index is 8.60. The third-order valence-electron chi connectivity index (χ3n) is 1.63. The third-order valence-corrected chi connectivity index (χ3v) is 1.63. The molecule has 0 saturated heterocycles. The molecule has 3 heteroatoms. The van der Waals surface area contributed by atoms with Crippen LogP contribution in [-0.4, -0.2) is 12.7 Å². The highest BCUT2D eigenvalue weighted by Gasteiger charge is 2.06. The van der Waals surface area contributed by atoms with E-state index in [1.54, 1.807) is 13.0 Å². The van der Waals surface area contributed by atoms with E-state index in [4.69, 9.17) is 14.7 Å². The first-order chi connectivity index (χ1) is 6.77. The molecule has 0 spiro atoms. The molecule has 1 rings (SSSR count). The highest BCUT2D eigenvalue weighted by atomic mass is 16.5. The Kier molecular flexibility index (Phi) is 3.81. The molecule has 1 atom stereocenters. The SMILES string of the molecule is CCOc1ccccc1OC(C)C#N. The maximum Gasteiger partial charge on any atom is 0.181 e. The highest BCUT2D eigenvalue weighted by Crippen LogP contribution is 2.27. The van der Waals surface area contributed by atoms with Crippen LogP contribution in [0.3, 0.4) is 0 Å². The largest absolute Gasteiger partial charge is 0.490 e. The second-order valence-electron chi connectivity index (χ2n) is 2.77. The number of para-hydroxylation sites is 2. The van der Waals surface area contributed by atoms with Crippen LogP contribution >= 0.6 is 0 Å². The van der Waals surface area contributed by atoms with E-state index in [0.717, 1.165) is 0 Å². The zero-order valence-corrected chi connectivity index (χ0v) is 8.36. The zero-order valence-electron chi connectivity index (χ0n) is 8.36. The smallest absolute Gasteiger partial charge is 0.181 e. The van der Waals surface area contributed by atoms with Crippen molar-refractivity contribution < 1.29 is 9.47 Å². The average Bonchev–Trinajstić information content (AvgIpc) is 2.21. The summed E-state index contributed by atoms with van der Waals surface area (Å²) in [7, 11) is 0. The molecular weight excluding hydrogens is 178 g/mol. The molecule has 0 fully saturated rings. The van der Waals surface area contributed by atoms with Crippen molar-refractivity contribution in [1.29, 1.82) is 5.26 Å². The molecule has 14 heavy (non-hydrogen) atoms. The lowest BCUT2D eigenvalue weighted by molar-refractivity contribution is 0.250. The predicted octanol–water partition coefficient (Wildman–Crippen LogP) is 2.38. The van der Waals surface area contributed by atoms with Crippen LogP contribution in [0.2, 0.25) is 0 Å². The molecule has 0 aromatic heterocycles. The minimum Gasteiger partial charge on any atom is -0.490 e. The van der Waals surface area contributed by atoms with Gasteiger partial charge in [0.25, 0.3) is 0 Å². The van der Waals surface area contributed by atoms with Crippen LogP contribution in [0, 0.1) is 11.3 Å².